The van der Waals surface area contributed by atoms with Crippen molar-refractivity contribution in [1.82, 2.24) is 5.32 Å². The van der Waals surface area contributed by atoms with Crippen molar-refractivity contribution in [2.45, 2.75) is 18.7 Å². The Labute approximate surface area is 153 Å². The van der Waals surface area contributed by atoms with Crippen LogP contribution in [0.5, 0.6) is 0 Å². The molecule has 0 saturated heterocycles. The summed E-state index contributed by atoms with van der Waals surface area (Å²) in [4.78, 5) is 17.6. The van der Waals surface area contributed by atoms with Crippen molar-refractivity contribution in [3.63, 3.8) is 0 Å². The Morgan fingerprint density at radius 3 is 2.44 bits per heavy atom. The Morgan fingerprint density at radius 1 is 1.19 bits per heavy atom. The van der Waals surface area contributed by atoms with Gasteiger partial charge < -0.3 is 14.9 Å². The van der Waals surface area contributed by atoms with Crippen LogP contribution in [0.25, 0.3) is 0 Å². The van der Waals surface area contributed by atoms with Gasteiger partial charge in [-0.15, -0.1) is 0 Å². The normalized spacial score (nSPS) is 19.3. The second-order valence-electron chi connectivity index (χ2n) is 5.87. The van der Waals surface area contributed by atoms with Gasteiger partial charge in [-0.2, -0.15) is 13.2 Å². The molecule has 2 aromatic carbocycles. The molecule has 3 rings (SSSR count). The predicted molar refractivity (Wildman–Crippen MR) is 92.0 cm³/mol. The Hall–Kier alpha value is -2.87. The number of amides is 1. The lowest BCUT2D eigenvalue weighted by Crippen LogP contribution is -2.48. The summed E-state index contributed by atoms with van der Waals surface area (Å²) in [7, 11) is 0. The van der Waals surface area contributed by atoms with E-state index in [9.17, 15) is 18.0 Å². The minimum absolute atomic E-state index is 0.0589. The number of nitrogens with one attached hydrogen (secondary N) is 1. The lowest BCUT2D eigenvalue weighted by molar-refractivity contribution is -0.137. The number of halogens is 3. The monoisotopic (exact) mass is 378 g/mol. The number of nitrogens with zero attached hydrogens (tertiary/aromatic N) is 1. The van der Waals surface area contributed by atoms with Crippen LogP contribution in [0.2, 0.25) is 0 Å². The lowest BCUT2D eigenvalue weighted by Gasteiger charge is -2.29. The van der Waals surface area contributed by atoms with Crippen LogP contribution in [0.4, 0.5) is 13.2 Å². The number of oxime groups is 1. The zero-order chi connectivity index (χ0) is 19.5. The third-order valence-corrected chi connectivity index (χ3v) is 4.14. The van der Waals surface area contributed by atoms with Crippen LogP contribution in [0.3, 0.4) is 0 Å². The van der Waals surface area contributed by atoms with Gasteiger partial charge in [-0.1, -0.05) is 35.5 Å². The largest absolute Gasteiger partial charge is 0.416 e. The number of amidine groups is 1. The highest BCUT2D eigenvalue weighted by Crippen LogP contribution is 2.35. The molecule has 0 radical (unpaired) electrons. The van der Waals surface area contributed by atoms with Gasteiger partial charge in [0, 0.05) is 12.2 Å². The van der Waals surface area contributed by atoms with Gasteiger partial charge in [-0.05, 0) is 36.8 Å². The summed E-state index contributed by atoms with van der Waals surface area (Å²) in [5.41, 5.74) is -1.25. The Morgan fingerprint density at radius 2 is 1.85 bits per heavy atom. The molecule has 27 heavy (non-hydrogen) atoms. The highest BCUT2D eigenvalue weighted by Gasteiger charge is 2.46. The third kappa shape index (κ3) is 3.80. The minimum atomic E-state index is -4.44. The Balaban J connectivity index is 1.91. The molecule has 1 aliphatic rings. The zero-order valence-electron chi connectivity index (χ0n) is 14.4. The van der Waals surface area contributed by atoms with E-state index < -0.39 is 23.2 Å². The number of benzene rings is 2. The van der Waals surface area contributed by atoms with E-state index >= 15 is 0 Å². The number of hydrogen-bond acceptors (Lipinski definition) is 4. The maximum Gasteiger partial charge on any atom is 0.416 e. The van der Waals surface area contributed by atoms with E-state index in [1.807, 2.05) is 0 Å². The standard InChI is InChI=1S/C19H17F3N2O3/c1-2-26-18(14-8-10-15(11-9-14)19(20,21)22)12-27-24-17(18)23-16(25)13-6-4-3-5-7-13/h3-11H,2,12H2,1H3,(H,23,24,25). The number of alkyl halides is 3. The van der Waals surface area contributed by atoms with Crippen LogP contribution in [0, 0.1) is 0 Å². The van der Waals surface area contributed by atoms with Crippen LogP contribution < -0.4 is 5.32 Å². The molecular formula is C19H17F3N2O3. The molecule has 8 heteroatoms. The van der Waals surface area contributed by atoms with E-state index in [4.69, 9.17) is 9.57 Å². The second-order valence-corrected chi connectivity index (χ2v) is 5.87. The van der Waals surface area contributed by atoms with Crippen LogP contribution in [0.1, 0.15) is 28.4 Å². The van der Waals surface area contributed by atoms with Crippen molar-refractivity contribution in [1.29, 1.82) is 0 Å². The number of hydrogen-bond donors (Lipinski definition) is 1. The molecule has 1 atom stereocenters. The van der Waals surface area contributed by atoms with Crippen molar-refractivity contribution in [3.05, 3.63) is 71.3 Å². The summed E-state index contributed by atoms with van der Waals surface area (Å²) in [5.74, 6) is -0.325. The fraction of sp³-hybridized carbons (Fsp3) is 0.263. The highest BCUT2D eigenvalue weighted by atomic mass is 19.4. The molecule has 0 spiro atoms. The molecule has 1 aliphatic heterocycles. The van der Waals surface area contributed by atoms with Gasteiger partial charge in [-0.3, -0.25) is 4.79 Å². The average molecular weight is 378 g/mol. The molecule has 1 heterocycles. The lowest BCUT2D eigenvalue weighted by atomic mass is 9.92. The first kappa shape index (κ1) is 18.9. The minimum Gasteiger partial charge on any atom is -0.390 e. The van der Waals surface area contributed by atoms with Gasteiger partial charge in [0.1, 0.15) is 0 Å². The molecule has 0 fully saturated rings. The topological polar surface area (TPSA) is 59.9 Å². The third-order valence-electron chi connectivity index (χ3n) is 4.14. The first-order valence-electron chi connectivity index (χ1n) is 8.25. The van der Waals surface area contributed by atoms with E-state index in [-0.39, 0.29) is 19.0 Å². The molecule has 142 valence electrons. The molecule has 5 nitrogen and oxygen atoms in total. The van der Waals surface area contributed by atoms with Gasteiger partial charge >= 0.3 is 6.18 Å². The van der Waals surface area contributed by atoms with Crippen molar-refractivity contribution < 1.29 is 27.5 Å². The quantitative estimate of drug-likeness (QED) is 0.882. The van der Waals surface area contributed by atoms with Gasteiger partial charge in [0.25, 0.3) is 5.91 Å². The smallest absolute Gasteiger partial charge is 0.390 e. The number of carbonyl (C=O) groups excluding carboxylic acids is 1. The van der Waals surface area contributed by atoms with Crippen LogP contribution in [-0.4, -0.2) is 25.0 Å². The maximum atomic E-state index is 12.8. The van der Waals surface area contributed by atoms with Crippen LogP contribution >= 0.6 is 0 Å². The van der Waals surface area contributed by atoms with E-state index in [1.54, 1.807) is 37.3 Å². The van der Waals surface area contributed by atoms with Crippen molar-refractivity contribution in [2.24, 2.45) is 5.16 Å². The van der Waals surface area contributed by atoms with E-state index in [0.717, 1.165) is 12.1 Å². The summed E-state index contributed by atoms with van der Waals surface area (Å²) >= 11 is 0. The van der Waals surface area contributed by atoms with E-state index in [1.165, 1.54) is 12.1 Å². The highest BCUT2D eigenvalue weighted by molar-refractivity contribution is 6.09. The van der Waals surface area contributed by atoms with Crippen molar-refractivity contribution >= 4 is 11.7 Å². The summed E-state index contributed by atoms with van der Waals surface area (Å²) in [6.07, 6.45) is -4.44. The fourth-order valence-electron chi connectivity index (χ4n) is 2.81. The van der Waals surface area contributed by atoms with Crippen molar-refractivity contribution in [3.8, 4) is 0 Å². The van der Waals surface area contributed by atoms with E-state index in [0.29, 0.717) is 11.1 Å². The fourth-order valence-corrected chi connectivity index (χ4v) is 2.81. The summed E-state index contributed by atoms with van der Waals surface area (Å²) < 4.78 is 44.3. The van der Waals surface area contributed by atoms with Gasteiger partial charge in [0.15, 0.2) is 18.0 Å². The molecule has 0 aromatic heterocycles. The van der Waals surface area contributed by atoms with Crippen LogP contribution in [0.15, 0.2) is 59.8 Å². The summed E-state index contributed by atoms with van der Waals surface area (Å²) in [6.45, 7) is 1.92. The second kappa shape index (κ2) is 7.40. The maximum absolute atomic E-state index is 12.8. The first-order chi connectivity index (χ1) is 12.9. The Kier molecular flexibility index (Phi) is 5.18. The molecular weight excluding hydrogens is 361 g/mol. The zero-order valence-corrected chi connectivity index (χ0v) is 14.4. The van der Waals surface area contributed by atoms with E-state index in [2.05, 4.69) is 10.5 Å². The molecule has 1 N–H and O–H groups in total. The van der Waals surface area contributed by atoms with Gasteiger partial charge in [-0.25, -0.2) is 0 Å². The molecule has 1 unspecified atom stereocenters. The molecule has 0 aliphatic carbocycles. The molecule has 1 amide bonds. The van der Waals surface area contributed by atoms with Crippen molar-refractivity contribution in [2.75, 3.05) is 13.2 Å². The van der Waals surface area contributed by atoms with Gasteiger partial charge in [0.2, 0.25) is 0 Å². The first-order valence-corrected chi connectivity index (χ1v) is 8.25. The SMILES string of the molecule is CCOC1(c2ccc(C(F)(F)F)cc2)CON=C1NC(=O)c1ccccc1. The van der Waals surface area contributed by atoms with Gasteiger partial charge in [0.05, 0.1) is 5.56 Å². The summed E-state index contributed by atoms with van der Waals surface area (Å²) in [5, 5.41) is 6.51. The molecule has 0 bridgehead atoms. The number of rotatable bonds is 4. The molecule has 2 aromatic rings. The summed E-state index contributed by atoms with van der Waals surface area (Å²) in [6, 6.07) is 13.0. The number of carbonyl (C=O) groups is 1. The predicted octanol–water partition coefficient (Wildman–Crippen LogP) is 3.71. The van der Waals surface area contributed by atoms with Crippen LogP contribution in [-0.2, 0) is 21.4 Å². The molecule has 0 saturated carbocycles. The average Bonchev–Trinajstić information content (AvgIpc) is 3.05. The Bertz CT molecular complexity index is 836. The number of ether oxygens (including phenoxy) is 1.